The molecule has 156 valence electrons. The van der Waals surface area contributed by atoms with Crippen LogP contribution in [0.3, 0.4) is 0 Å². The van der Waals surface area contributed by atoms with Gasteiger partial charge in [-0.15, -0.1) is 0 Å². The van der Waals surface area contributed by atoms with Crippen molar-refractivity contribution in [3.05, 3.63) is 59.7 Å². The summed E-state index contributed by atoms with van der Waals surface area (Å²) in [7, 11) is 8.66. The molecule has 0 aliphatic heterocycles. The van der Waals surface area contributed by atoms with Crippen molar-refractivity contribution in [2.45, 2.75) is 13.1 Å². The van der Waals surface area contributed by atoms with Gasteiger partial charge < -0.3 is 24.6 Å². The zero-order valence-corrected chi connectivity index (χ0v) is 17.8. The Labute approximate surface area is 172 Å². The molecule has 2 aromatic rings. The van der Waals surface area contributed by atoms with Gasteiger partial charge in [0.25, 0.3) is 0 Å². The maximum Gasteiger partial charge on any atom is 0.241 e. The first-order valence-corrected chi connectivity index (χ1v) is 9.39. The van der Waals surface area contributed by atoms with E-state index in [0.29, 0.717) is 19.0 Å². The third-order valence-electron chi connectivity index (χ3n) is 4.41. The molecule has 0 aliphatic carbocycles. The van der Waals surface area contributed by atoms with Crippen LogP contribution in [0.1, 0.15) is 11.1 Å². The second-order valence-electron chi connectivity index (χ2n) is 6.80. The highest BCUT2D eigenvalue weighted by Crippen LogP contribution is 2.25. The van der Waals surface area contributed by atoms with Gasteiger partial charge >= 0.3 is 0 Å². The Kier molecular flexibility index (Phi) is 8.33. The molecule has 0 spiro atoms. The standard InChI is InChI=1S/C22H30N4O3/c1-25(2)21(27)15-24-22(23-14-17-9-7-6-8-10-17)26(3)16-18-11-12-19(28-4)13-20(18)29-5/h6-13H,14-16H2,1-5H3,(H,23,24). The van der Waals surface area contributed by atoms with Gasteiger partial charge in [-0.1, -0.05) is 30.3 Å². The number of hydrogen-bond donors (Lipinski definition) is 1. The zero-order valence-electron chi connectivity index (χ0n) is 17.8. The van der Waals surface area contributed by atoms with Crippen LogP contribution in [0.5, 0.6) is 11.5 Å². The summed E-state index contributed by atoms with van der Waals surface area (Å²) in [6.45, 7) is 1.25. The fraction of sp³-hybridized carbons (Fsp3) is 0.364. The topological polar surface area (TPSA) is 66.4 Å². The molecule has 0 aliphatic rings. The SMILES string of the molecule is COc1ccc(CN(C)C(=NCc2ccccc2)NCC(=O)N(C)C)c(OC)c1. The minimum absolute atomic E-state index is 0.0205. The number of guanidine groups is 1. The van der Waals surface area contributed by atoms with E-state index in [4.69, 9.17) is 14.5 Å². The van der Waals surface area contributed by atoms with Gasteiger partial charge in [0.1, 0.15) is 11.5 Å². The lowest BCUT2D eigenvalue weighted by atomic mass is 10.2. The summed E-state index contributed by atoms with van der Waals surface area (Å²) >= 11 is 0. The minimum atomic E-state index is -0.0205. The average molecular weight is 399 g/mol. The largest absolute Gasteiger partial charge is 0.497 e. The lowest BCUT2D eigenvalue weighted by Gasteiger charge is -2.24. The number of carbonyl (C=O) groups excluding carboxylic acids is 1. The Morgan fingerprint density at radius 1 is 1.03 bits per heavy atom. The molecule has 1 N–H and O–H groups in total. The number of amides is 1. The molecule has 0 heterocycles. The molecule has 0 aromatic heterocycles. The molecule has 0 radical (unpaired) electrons. The molecule has 0 atom stereocenters. The number of hydrogen-bond acceptors (Lipinski definition) is 4. The van der Waals surface area contributed by atoms with Gasteiger partial charge in [0.15, 0.2) is 5.96 Å². The highest BCUT2D eigenvalue weighted by Gasteiger charge is 2.13. The average Bonchev–Trinajstić information content (AvgIpc) is 2.74. The van der Waals surface area contributed by atoms with Gasteiger partial charge in [-0.3, -0.25) is 4.79 Å². The van der Waals surface area contributed by atoms with Crippen molar-refractivity contribution in [2.24, 2.45) is 4.99 Å². The number of nitrogens with zero attached hydrogens (tertiary/aromatic N) is 3. The second-order valence-corrected chi connectivity index (χ2v) is 6.80. The molecule has 0 saturated heterocycles. The van der Waals surface area contributed by atoms with E-state index >= 15 is 0 Å². The Morgan fingerprint density at radius 3 is 2.38 bits per heavy atom. The quantitative estimate of drug-likeness (QED) is 0.546. The van der Waals surface area contributed by atoms with Crippen molar-refractivity contribution in [1.82, 2.24) is 15.1 Å². The van der Waals surface area contributed by atoms with Crippen molar-refractivity contribution >= 4 is 11.9 Å². The van der Waals surface area contributed by atoms with Gasteiger partial charge in [0.2, 0.25) is 5.91 Å². The fourth-order valence-electron chi connectivity index (χ4n) is 2.69. The first kappa shape index (κ1) is 22.1. The number of benzene rings is 2. The Morgan fingerprint density at radius 2 is 1.76 bits per heavy atom. The van der Waals surface area contributed by atoms with Gasteiger partial charge in [-0.05, 0) is 17.7 Å². The first-order valence-electron chi connectivity index (χ1n) is 9.39. The summed E-state index contributed by atoms with van der Waals surface area (Å²) in [6, 6.07) is 15.7. The second kappa shape index (κ2) is 10.9. The Bertz CT molecular complexity index is 822. The van der Waals surface area contributed by atoms with E-state index in [2.05, 4.69) is 5.32 Å². The molecule has 7 nitrogen and oxygen atoms in total. The minimum Gasteiger partial charge on any atom is -0.497 e. The van der Waals surface area contributed by atoms with Crippen molar-refractivity contribution in [2.75, 3.05) is 41.9 Å². The number of likely N-dealkylation sites (N-methyl/N-ethyl adjacent to an activating group) is 1. The summed E-state index contributed by atoms with van der Waals surface area (Å²) < 4.78 is 10.8. The van der Waals surface area contributed by atoms with Crippen molar-refractivity contribution in [3.8, 4) is 11.5 Å². The normalized spacial score (nSPS) is 11.0. The van der Waals surface area contributed by atoms with Gasteiger partial charge in [-0.25, -0.2) is 4.99 Å². The molecule has 7 heteroatoms. The third kappa shape index (κ3) is 6.71. The number of nitrogens with one attached hydrogen (secondary N) is 1. The monoisotopic (exact) mass is 398 g/mol. The third-order valence-corrected chi connectivity index (χ3v) is 4.41. The highest BCUT2D eigenvalue weighted by molar-refractivity contribution is 5.86. The lowest BCUT2D eigenvalue weighted by Crippen LogP contribution is -2.43. The summed E-state index contributed by atoms with van der Waals surface area (Å²) in [6.07, 6.45) is 0. The van der Waals surface area contributed by atoms with Gasteiger partial charge in [0, 0.05) is 39.3 Å². The summed E-state index contributed by atoms with van der Waals surface area (Å²) in [5.74, 6) is 2.10. The Hall–Kier alpha value is -3.22. The molecule has 1 amide bonds. The smallest absolute Gasteiger partial charge is 0.241 e. The van der Waals surface area contributed by atoms with Crippen LogP contribution in [0.2, 0.25) is 0 Å². The van der Waals surface area contributed by atoms with Gasteiger partial charge in [-0.2, -0.15) is 0 Å². The fourth-order valence-corrected chi connectivity index (χ4v) is 2.69. The molecule has 0 unspecified atom stereocenters. The van der Waals surface area contributed by atoms with Crippen LogP contribution < -0.4 is 14.8 Å². The van der Waals surface area contributed by atoms with E-state index in [0.717, 1.165) is 22.6 Å². The van der Waals surface area contributed by atoms with Crippen molar-refractivity contribution < 1.29 is 14.3 Å². The van der Waals surface area contributed by atoms with Crippen molar-refractivity contribution in [3.63, 3.8) is 0 Å². The van der Waals surface area contributed by atoms with E-state index in [1.54, 1.807) is 33.2 Å². The number of methoxy groups -OCH3 is 2. The molecule has 29 heavy (non-hydrogen) atoms. The summed E-state index contributed by atoms with van der Waals surface area (Å²) in [5, 5.41) is 3.17. The molecule has 0 fully saturated rings. The first-order chi connectivity index (χ1) is 13.9. The maximum atomic E-state index is 12.0. The number of ether oxygens (including phenoxy) is 2. The molecular formula is C22H30N4O3. The number of aliphatic imine (C=N–C) groups is 1. The number of rotatable bonds is 8. The summed E-state index contributed by atoms with van der Waals surface area (Å²) in [4.78, 5) is 20.3. The van der Waals surface area contributed by atoms with Crippen LogP contribution in [0.15, 0.2) is 53.5 Å². The molecule has 0 saturated carbocycles. The zero-order chi connectivity index (χ0) is 21.2. The molecular weight excluding hydrogens is 368 g/mol. The summed E-state index contributed by atoms with van der Waals surface area (Å²) in [5.41, 5.74) is 2.09. The van der Waals surface area contributed by atoms with Crippen LogP contribution in [-0.4, -0.2) is 63.6 Å². The van der Waals surface area contributed by atoms with Gasteiger partial charge in [0.05, 0.1) is 27.3 Å². The number of carbonyl (C=O) groups is 1. The Balaban J connectivity index is 2.18. The van der Waals surface area contributed by atoms with E-state index in [1.807, 2.05) is 60.5 Å². The van der Waals surface area contributed by atoms with E-state index in [1.165, 1.54) is 0 Å². The van der Waals surface area contributed by atoms with Crippen LogP contribution >= 0.6 is 0 Å². The van der Waals surface area contributed by atoms with Crippen LogP contribution in [0.25, 0.3) is 0 Å². The molecule has 2 rings (SSSR count). The predicted molar refractivity (Wildman–Crippen MR) is 115 cm³/mol. The van der Waals surface area contributed by atoms with E-state index in [9.17, 15) is 4.79 Å². The maximum absolute atomic E-state index is 12.0. The highest BCUT2D eigenvalue weighted by atomic mass is 16.5. The van der Waals surface area contributed by atoms with E-state index in [-0.39, 0.29) is 12.5 Å². The van der Waals surface area contributed by atoms with Crippen LogP contribution in [0, 0.1) is 0 Å². The van der Waals surface area contributed by atoms with Crippen molar-refractivity contribution in [1.29, 1.82) is 0 Å². The predicted octanol–water partition coefficient (Wildman–Crippen LogP) is 2.37. The van der Waals surface area contributed by atoms with Crippen LogP contribution in [-0.2, 0) is 17.9 Å². The van der Waals surface area contributed by atoms with Crippen LogP contribution in [0.4, 0.5) is 0 Å². The molecule has 0 bridgehead atoms. The van der Waals surface area contributed by atoms with E-state index < -0.39 is 0 Å². The molecule has 2 aromatic carbocycles. The lowest BCUT2D eigenvalue weighted by molar-refractivity contribution is -0.127.